The van der Waals surface area contributed by atoms with Crippen molar-refractivity contribution in [1.82, 2.24) is 0 Å². The Kier molecular flexibility index (Phi) is 3.17. The fraction of sp³-hybridized carbons (Fsp3) is 0.0588. The number of hydrogen-bond acceptors (Lipinski definition) is 2. The smallest absolute Gasteiger partial charge is 0.227 e. The van der Waals surface area contributed by atoms with Crippen LogP contribution in [0.15, 0.2) is 66.9 Å². The van der Waals surface area contributed by atoms with Crippen molar-refractivity contribution in [3.63, 3.8) is 0 Å². The fourth-order valence-electron chi connectivity index (χ4n) is 2.28. The molecule has 0 bridgehead atoms. The molecule has 0 unspecified atom stereocenters. The van der Waals surface area contributed by atoms with E-state index < -0.39 is 0 Å². The number of para-hydroxylation sites is 1. The van der Waals surface area contributed by atoms with Gasteiger partial charge in [0.15, 0.2) is 6.20 Å². The number of benzene rings is 2. The molecule has 0 radical (unpaired) electrons. The number of fused-ring (bicyclic) bond motifs is 1. The van der Waals surface area contributed by atoms with Gasteiger partial charge in [-0.3, -0.25) is 4.79 Å². The molecule has 1 heterocycles. The molecule has 0 fully saturated rings. The van der Waals surface area contributed by atoms with Crippen LogP contribution in [0.2, 0.25) is 0 Å². The van der Waals surface area contributed by atoms with E-state index >= 15 is 0 Å². The third-order valence-corrected chi connectivity index (χ3v) is 3.31. The maximum Gasteiger partial charge on any atom is 0.227 e. The molecule has 0 amide bonds. The summed E-state index contributed by atoms with van der Waals surface area (Å²) in [5, 5.41) is 10.6. The highest BCUT2D eigenvalue weighted by Gasteiger charge is 2.16. The second-order valence-electron chi connectivity index (χ2n) is 4.64. The Morgan fingerprint density at radius 1 is 0.950 bits per heavy atom. The average molecular weight is 264 g/mol. The summed E-state index contributed by atoms with van der Waals surface area (Å²) in [6.45, 7) is 0.255. The largest absolute Gasteiger partial charge is 0.507 e. The molecule has 0 saturated heterocycles. The molecule has 3 nitrogen and oxygen atoms in total. The number of pyridine rings is 1. The maximum atomic E-state index is 12.3. The summed E-state index contributed by atoms with van der Waals surface area (Å²) in [4.78, 5) is 12.3. The van der Waals surface area contributed by atoms with Gasteiger partial charge < -0.3 is 5.11 Å². The predicted octanol–water partition coefficient (Wildman–Crippen LogP) is 2.72. The minimum atomic E-state index is 0.0476. The zero-order valence-corrected chi connectivity index (χ0v) is 10.9. The third-order valence-electron chi connectivity index (χ3n) is 3.31. The topological polar surface area (TPSA) is 41.2 Å². The molecule has 0 atom stereocenters. The molecular weight excluding hydrogens is 250 g/mol. The molecule has 3 heteroatoms. The van der Waals surface area contributed by atoms with Crippen LogP contribution in [0.3, 0.4) is 0 Å². The first-order chi connectivity index (χ1) is 9.75. The molecule has 0 saturated carbocycles. The van der Waals surface area contributed by atoms with E-state index in [1.54, 1.807) is 12.3 Å². The summed E-state index contributed by atoms with van der Waals surface area (Å²) < 4.78 is 1.85. The van der Waals surface area contributed by atoms with Crippen molar-refractivity contribution in [3.8, 4) is 5.75 Å². The summed E-state index contributed by atoms with van der Waals surface area (Å²) in [5.74, 6) is 0.274. The first kappa shape index (κ1) is 12.4. The normalized spacial score (nSPS) is 10.6. The van der Waals surface area contributed by atoms with Gasteiger partial charge in [0, 0.05) is 17.7 Å². The minimum absolute atomic E-state index is 0.0476. The van der Waals surface area contributed by atoms with Crippen LogP contribution < -0.4 is 4.57 Å². The van der Waals surface area contributed by atoms with Crippen LogP contribution in [0, 0.1) is 0 Å². The Bertz CT molecular complexity index is 766. The fourth-order valence-corrected chi connectivity index (χ4v) is 2.28. The molecule has 3 aromatic rings. The lowest BCUT2D eigenvalue weighted by Gasteiger charge is -2.03. The number of ketones is 1. The average Bonchev–Trinajstić information content (AvgIpc) is 2.51. The first-order valence-electron chi connectivity index (χ1n) is 6.44. The highest BCUT2D eigenvalue weighted by atomic mass is 16.3. The van der Waals surface area contributed by atoms with Gasteiger partial charge in [0.1, 0.15) is 5.75 Å². The van der Waals surface area contributed by atoms with E-state index in [2.05, 4.69) is 0 Å². The first-order valence-corrected chi connectivity index (χ1v) is 6.44. The highest BCUT2D eigenvalue weighted by molar-refractivity contribution is 5.95. The van der Waals surface area contributed by atoms with Gasteiger partial charge in [-0.05, 0) is 6.07 Å². The van der Waals surface area contributed by atoms with Crippen LogP contribution in [0.4, 0.5) is 0 Å². The lowest BCUT2D eigenvalue weighted by molar-refractivity contribution is -0.657. The minimum Gasteiger partial charge on any atom is -0.507 e. The number of aromatic nitrogens is 1. The Hall–Kier alpha value is -2.68. The summed E-state index contributed by atoms with van der Waals surface area (Å²) in [5.41, 5.74) is 1.54. The van der Waals surface area contributed by atoms with Crippen LogP contribution in [-0.4, -0.2) is 10.9 Å². The number of carbonyl (C=O) groups is 1. The molecule has 0 spiro atoms. The molecule has 1 N–H and O–H groups in total. The zero-order valence-electron chi connectivity index (χ0n) is 10.9. The molecule has 0 aliphatic carbocycles. The van der Waals surface area contributed by atoms with Gasteiger partial charge in [0.25, 0.3) is 0 Å². The van der Waals surface area contributed by atoms with Crippen molar-refractivity contribution < 1.29 is 14.5 Å². The summed E-state index contributed by atoms with van der Waals surface area (Å²) in [6, 6.07) is 18.3. The molecule has 0 aliphatic rings. The number of aromatic hydroxyl groups is 1. The van der Waals surface area contributed by atoms with E-state index in [1.165, 1.54) is 0 Å². The van der Waals surface area contributed by atoms with Crippen molar-refractivity contribution >= 4 is 16.7 Å². The molecule has 98 valence electrons. The van der Waals surface area contributed by atoms with Gasteiger partial charge in [0.2, 0.25) is 17.8 Å². The van der Waals surface area contributed by atoms with Crippen LogP contribution in [0.5, 0.6) is 5.75 Å². The molecule has 1 aromatic heterocycles. The Morgan fingerprint density at radius 3 is 2.45 bits per heavy atom. The Labute approximate surface area is 116 Å². The number of rotatable bonds is 3. The Balaban J connectivity index is 2.00. The van der Waals surface area contributed by atoms with Crippen molar-refractivity contribution in [2.75, 3.05) is 0 Å². The summed E-state index contributed by atoms with van der Waals surface area (Å²) >= 11 is 0. The van der Waals surface area contributed by atoms with E-state index in [9.17, 15) is 9.90 Å². The summed E-state index contributed by atoms with van der Waals surface area (Å²) in [6.07, 6.45) is 1.73. The lowest BCUT2D eigenvalue weighted by Crippen LogP contribution is -2.38. The van der Waals surface area contributed by atoms with Crippen molar-refractivity contribution in [1.29, 1.82) is 0 Å². The van der Waals surface area contributed by atoms with E-state index in [0.717, 1.165) is 10.9 Å². The second kappa shape index (κ2) is 5.13. The van der Waals surface area contributed by atoms with Crippen LogP contribution in [0.25, 0.3) is 10.9 Å². The molecule has 3 rings (SSSR count). The van der Waals surface area contributed by atoms with Gasteiger partial charge >= 0.3 is 0 Å². The standard InChI is InChI=1S/C17H13NO2/c19-16-10-11-18(15-9-5-4-8-14(15)16)12-17(20)13-6-2-1-3-7-13/h1-11H,12H2/p+1. The summed E-state index contributed by atoms with van der Waals surface area (Å²) in [7, 11) is 0. The van der Waals surface area contributed by atoms with Gasteiger partial charge in [0.05, 0.1) is 5.39 Å². The molecular formula is C17H14NO2+. The van der Waals surface area contributed by atoms with Crippen molar-refractivity contribution in [2.45, 2.75) is 6.54 Å². The molecule has 20 heavy (non-hydrogen) atoms. The number of hydrogen-bond donors (Lipinski definition) is 1. The lowest BCUT2D eigenvalue weighted by atomic mass is 10.1. The zero-order chi connectivity index (χ0) is 13.9. The van der Waals surface area contributed by atoms with Gasteiger partial charge in [-0.15, -0.1) is 0 Å². The van der Waals surface area contributed by atoms with E-state index in [-0.39, 0.29) is 18.1 Å². The quantitative estimate of drug-likeness (QED) is 0.583. The highest BCUT2D eigenvalue weighted by Crippen LogP contribution is 2.20. The van der Waals surface area contributed by atoms with E-state index in [4.69, 9.17) is 0 Å². The second-order valence-corrected chi connectivity index (χ2v) is 4.64. The third kappa shape index (κ3) is 2.26. The van der Waals surface area contributed by atoms with Gasteiger partial charge in [-0.2, -0.15) is 4.57 Å². The van der Waals surface area contributed by atoms with Gasteiger partial charge in [-0.25, -0.2) is 0 Å². The molecule has 0 aliphatic heterocycles. The number of Topliss-reactive ketones (excluding diaryl/α,β-unsaturated/α-hetero) is 1. The SMILES string of the molecule is O=C(C[n+]1ccc(O)c2ccccc21)c1ccccc1. The van der Waals surface area contributed by atoms with Crippen LogP contribution in [-0.2, 0) is 6.54 Å². The van der Waals surface area contributed by atoms with Crippen LogP contribution >= 0.6 is 0 Å². The molecule has 2 aromatic carbocycles. The monoisotopic (exact) mass is 264 g/mol. The van der Waals surface area contributed by atoms with Crippen molar-refractivity contribution in [3.05, 3.63) is 72.4 Å². The Morgan fingerprint density at radius 2 is 1.65 bits per heavy atom. The predicted molar refractivity (Wildman–Crippen MR) is 76.6 cm³/mol. The number of carbonyl (C=O) groups excluding carboxylic acids is 1. The van der Waals surface area contributed by atoms with Gasteiger partial charge in [-0.1, -0.05) is 42.5 Å². The number of nitrogens with zero attached hydrogens (tertiary/aromatic N) is 1. The van der Waals surface area contributed by atoms with Crippen LogP contribution in [0.1, 0.15) is 10.4 Å². The van der Waals surface area contributed by atoms with E-state index in [1.807, 2.05) is 59.2 Å². The maximum absolute atomic E-state index is 12.3. The van der Waals surface area contributed by atoms with E-state index in [0.29, 0.717) is 5.56 Å². The van der Waals surface area contributed by atoms with Crippen molar-refractivity contribution in [2.24, 2.45) is 0 Å².